The van der Waals surface area contributed by atoms with Crippen molar-refractivity contribution in [1.82, 2.24) is 15.5 Å². The molecule has 1 heterocycles. The van der Waals surface area contributed by atoms with Crippen LogP contribution >= 0.6 is 11.3 Å². The lowest BCUT2D eigenvalue weighted by Crippen LogP contribution is -2.39. The minimum absolute atomic E-state index is 0.114. The number of sulfone groups is 1. The van der Waals surface area contributed by atoms with Gasteiger partial charge in [-0.2, -0.15) is 0 Å². The molecule has 1 amide bonds. The van der Waals surface area contributed by atoms with Crippen LogP contribution in [-0.4, -0.2) is 36.3 Å². The van der Waals surface area contributed by atoms with Crippen molar-refractivity contribution in [2.75, 3.05) is 5.75 Å². The van der Waals surface area contributed by atoms with Gasteiger partial charge >= 0.3 is 0 Å². The zero-order valence-electron chi connectivity index (χ0n) is 13.8. The van der Waals surface area contributed by atoms with Crippen LogP contribution in [-0.2, 0) is 20.4 Å². The third kappa shape index (κ3) is 5.34. The number of nitrogens with zero attached hydrogens (tertiary/aromatic N) is 2. The van der Waals surface area contributed by atoms with Gasteiger partial charge in [0.05, 0.1) is 0 Å². The second-order valence-corrected chi connectivity index (χ2v) is 9.43. The third-order valence-electron chi connectivity index (χ3n) is 4.15. The van der Waals surface area contributed by atoms with Gasteiger partial charge in [0, 0.05) is 11.6 Å². The van der Waals surface area contributed by atoms with Gasteiger partial charge in [0.1, 0.15) is 21.5 Å². The lowest BCUT2D eigenvalue weighted by molar-refractivity contribution is -0.119. The second kappa shape index (κ2) is 8.05. The van der Waals surface area contributed by atoms with Crippen LogP contribution in [0.2, 0.25) is 0 Å². The molecule has 1 saturated carbocycles. The van der Waals surface area contributed by atoms with Crippen LogP contribution in [0.5, 0.6) is 0 Å². The molecule has 6 nitrogen and oxygen atoms in total. The van der Waals surface area contributed by atoms with Gasteiger partial charge in [-0.05, 0) is 12.8 Å². The van der Waals surface area contributed by atoms with E-state index in [-0.39, 0.29) is 11.8 Å². The lowest BCUT2D eigenvalue weighted by Gasteiger charge is -2.22. The van der Waals surface area contributed by atoms with E-state index in [1.807, 2.05) is 30.3 Å². The number of hydrogen-bond donors (Lipinski definition) is 1. The van der Waals surface area contributed by atoms with Crippen molar-refractivity contribution in [3.8, 4) is 10.6 Å². The van der Waals surface area contributed by atoms with E-state index in [0.29, 0.717) is 10.0 Å². The Bertz CT molecular complexity index is 813. The first-order valence-electron chi connectivity index (χ1n) is 8.39. The summed E-state index contributed by atoms with van der Waals surface area (Å²) in [5, 5.41) is 11.9. The minimum atomic E-state index is -3.56. The summed E-state index contributed by atoms with van der Waals surface area (Å²) >= 11 is 1.24. The first-order valence-corrected chi connectivity index (χ1v) is 11.0. The molecule has 1 fully saturated rings. The van der Waals surface area contributed by atoms with Gasteiger partial charge in [-0.3, -0.25) is 4.79 Å². The molecule has 3 rings (SSSR count). The summed E-state index contributed by atoms with van der Waals surface area (Å²) in [5.41, 5.74) is 0.902. The van der Waals surface area contributed by atoms with Crippen molar-refractivity contribution in [3.63, 3.8) is 0 Å². The molecule has 0 spiro atoms. The van der Waals surface area contributed by atoms with Gasteiger partial charge in [-0.1, -0.05) is 60.9 Å². The van der Waals surface area contributed by atoms with Crippen LogP contribution in [0.1, 0.15) is 37.1 Å². The van der Waals surface area contributed by atoms with Crippen LogP contribution in [0.4, 0.5) is 0 Å². The first kappa shape index (κ1) is 18.0. The molecule has 1 aliphatic carbocycles. The molecule has 1 N–H and O–H groups in total. The predicted octanol–water partition coefficient (Wildman–Crippen LogP) is 2.57. The number of carbonyl (C=O) groups is 1. The highest BCUT2D eigenvalue weighted by Crippen LogP contribution is 2.24. The van der Waals surface area contributed by atoms with Crippen LogP contribution in [0.3, 0.4) is 0 Å². The van der Waals surface area contributed by atoms with E-state index in [9.17, 15) is 13.2 Å². The van der Waals surface area contributed by atoms with Crippen LogP contribution in [0, 0.1) is 0 Å². The molecular weight excluding hydrogens is 358 g/mol. The van der Waals surface area contributed by atoms with Gasteiger partial charge in [-0.25, -0.2) is 8.42 Å². The van der Waals surface area contributed by atoms with Gasteiger partial charge in [0.25, 0.3) is 0 Å². The number of benzene rings is 1. The van der Waals surface area contributed by atoms with E-state index in [0.717, 1.165) is 31.2 Å². The Morgan fingerprint density at radius 2 is 1.84 bits per heavy atom. The molecule has 1 aromatic carbocycles. The Hall–Kier alpha value is -1.80. The Balaban J connectivity index is 1.58. The molecule has 0 saturated heterocycles. The molecule has 2 aromatic rings. The maximum atomic E-state index is 12.3. The molecule has 0 atom stereocenters. The number of rotatable bonds is 6. The fraction of sp³-hybridized carbons (Fsp3) is 0.471. The van der Waals surface area contributed by atoms with E-state index in [2.05, 4.69) is 15.5 Å². The van der Waals surface area contributed by atoms with E-state index in [1.165, 1.54) is 17.8 Å². The summed E-state index contributed by atoms with van der Waals surface area (Å²) in [6.07, 6.45) is 5.23. The van der Waals surface area contributed by atoms with E-state index < -0.39 is 21.5 Å². The summed E-state index contributed by atoms with van der Waals surface area (Å²) in [6, 6.07) is 9.60. The number of nitrogens with one attached hydrogen (secondary N) is 1. The molecule has 134 valence electrons. The molecule has 25 heavy (non-hydrogen) atoms. The van der Waals surface area contributed by atoms with Crippen LogP contribution in [0.25, 0.3) is 10.6 Å². The topological polar surface area (TPSA) is 89.0 Å². The Labute approximate surface area is 151 Å². The molecule has 1 aliphatic rings. The van der Waals surface area contributed by atoms with E-state index in [4.69, 9.17) is 0 Å². The fourth-order valence-electron chi connectivity index (χ4n) is 2.96. The minimum Gasteiger partial charge on any atom is -0.352 e. The molecule has 1 aromatic heterocycles. The molecule has 8 heteroatoms. The quantitative estimate of drug-likeness (QED) is 0.833. The summed E-state index contributed by atoms with van der Waals surface area (Å²) in [4.78, 5) is 12.0. The van der Waals surface area contributed by atoms with Crippen molar-refractivity contribution < 1.29 is 13.2 Å². The summed E-state index contributed by atoms with van der Waals surface area (Å²) in [6.45, 7) is 0. The Morgan fingerprint density at radius 3 is 2.56 bits per heavy atom. The summed E-state index contributed by atoms with van der Waals surface area (Å²) < 4.78 is 24.6. The number of amides is 1. The molecular formula is C17H21N3O3S2. The Kier molecular flexibility index (Phi) is 5.80. The lowest BCUT2D eigenvalue weighted by atomic mass is 9.95. The second-order valence-electron chi connectivity index (χ2n) is 6.30. The highest BCUT2D eigenvalue weighted by Gasteiger charge is 2.23. The number of hydrogen-bond acceptors (Lipinski definition) is 6. The summed E-state index contributed by atoms with van der Waals surface area (Å²) in [7, 11) is -3.56. The fourth-order valence-corrected chi connectivity index (χ4v) is 5.40. The highest BCUT2D eigenvalue weighted by atomic mass is 32.2. The zero-order chi connectivity index (χ0) is 17.7. The predicted molar refractivity (Wildman–Crippen MR) is 97.9 cm³/mol. The maximum Gasteiger partial charge on any atom is 0.235 e. The molecule has 0 bridgehead atoms. The van der Waals surface area contributed by atoms with Crippen molar-refractivity contribution in [3.05, 3.63) is 35.3 Å². The monoisotopic (exact) mass is 379 g/mol. The zero-order valence-corrected chi connectivity index (χ0v) is 15.5. The van der Waals surface area contributed by atoms with Crippen LogP contribution < -0.4 is 5.32 Å². The van der Waals surface area contributed by atoms with Crippen molar-refractivity contribution in [2.45, 2.75) is 43.9 Å². The molecule has 0 aliphatic heterocycles. The van der Waals surface area contributed by atoms with Crippen molar-refractivity contribution in [1.29, 1.82) is 0 Å². The highest BCUT2D eigenvalue weighted by molar-refractivity contribution is 7.91. The first-order chi connectivity index (χ1) is 12.0. The average Bonchev–Trinajstić information content (AvgIpc) is 3.03. The largest absolute Gasteiger partial charge is 0.352 e. The number of carbonyl (C=O) groups excluding carboxylic acids is 1. The average molecular weight is 380 g/mol. The summed E-state index contributed by atoms with van der Waals surface area (Å²) in [5.74, 6) is -1.17. The number of aromatic nitrogens is 2. The van der Waals surface area contributed by atoms with E-state index in [1.54, 1.807) is 0 Å². The smallest absolute Gasteiger partial charge is 0.235 e. The van der Waals surface area contributed by atoms with Gasteiger partial charge in [0.15, 0.2) is 9.84 Å². The van der Waals surface area contributed by atoms with Gasteiger partial charge < -0.3 is 5.32 Å². The van der Waals surface area contributed by atoms with E-state index >= 15 is 0 Å². The Morgan fingerprint density at radius 1 is 1.12 bits per heavy atom. The van der Waals surface area contributed by atoms with Crippen molar-refractivity contribution >= 4 is 27.1 Å². The van der Waals surface area contributed by atoms with Crippen molar-refractivity contribution in [2.24, 2.45) is 0 Å². The maximum absolute atomic E-state index is 12.3. The normalized spacial score (nSPS) is 15.8. The molecule has 0 unspecified atom stereocenters. The van der Waals surface area contributed by atoms with Gasteiger partial charge in [-0.15, -0.1) is 10.2 Å². The SMILES string of the molecule is O=C(CS(=O)(=O)Cc1nnc(-c2ccccc2)s1)NC1CCCCC1. The molecule has 0 radical (unpaired) electrons. The standard InChI is InChI=1S/C17H21N3O3S2/c21-15(18-14-9-5-2-6-10-14)11-25(22,23)12-16-19-20-17(24-16)13-7-3-1-4-8-13/h1,3-4,7-8,14H,2,5-6,9-12H2,(H,18,21). The van der Waals surface area contributed by atoms with Crippen LogP contribution in [0.15, 0.2) is 30.3 Å². The van der Waals surface area contributed by atoms with Gasteiger partial charge in [0.2, 0.25) is 5.91 Å². The third-order valence-corrected chi connectivity index (χ3v) is 6.72.